The summed E-state index contributed by atoms with van der Waals surface area (Å²) >= 11 is 0. The largest absolute Gasteiger partial charge is 0.493 e. The molecule has 0 atom stereocenters. The number of benzene rings is 1. The number of carbonyl (C=O) groups excluding carboxylic acids is 1. The molecule has 0 saturated carbocycles. The number of carbonyl (C=O) groups is 1. The van der Waals surface area contributed by atoms with Gasteiger partial charge >= 0.3 is 0 Å². The van der Waals surface area contributed by atoms with Crippen LogP contribution in [-0.2, 0) is 17.6 Å². The fraction of sp³-hybridized carbons (Fsp3) is 0.304. The number of hydrogen-bond acceptors (Lipinski definition) is 4. The first kappa shape index (κ1) is 18.3. The number of aromatic nitrogens is 1. The van der Waals surface area contributed by atoms with Crippen LogP contribution >= 0.6 is 0 Å². The Kier molecular flexibility index (Phi) is 5.15. The molecule has 0 radical (unpaired) electrons. The van der Waals surface area contributed by atoms with E-state index in [2.05, 4.69) is 16.4 Å². The Morgan fingerprint density at radius 2 is 2.18 bits per heavy atom. The van der Waals surface area contributed by atoms with Crippen molar-refractivity contribution < 1.29 is 13.9 Å². The van der Waals surface area contributed by atoms with Gasteiger partial charge in [0.25, 0.3) is 0 Å². The molecule has 0 aliphatic heterocycles. The zero-order valence-corrected chi connectivity index (χ0v) is 16.2. The molecule has 2 heterocycles. The van der Waals surface area contributed by atoms with Crippen LogP contribution in [0.4, 0.5) is 5.69 Å². The van der Waals surface area contributed by atoms with E-state index in [-0.39, 0.29) is 5.91 Å². The molecule has 2 aromatic heterocycles. The van der Waals surface area contributed by atoms with Crippen LogP contribution < -0.4 is 10.1 Å². The summed E-state index contributed by atoms with van der Waals surface area (Å²) in [6, 6.07) is 7.67. The summed E-state index contributed by atoms with van der Waals surface area (Å²) < 4.78 is 11.9. The minimum absolute atomic E-state index is 0.192. The zero-order valence-electron chi connectivity index (χ0n) is 16.2. The number of nitrogens with zero attached hydrogens (tertiary/aromatic N) is 1. The van der Waals surface area contributed by atoms with Crippen molar-refractivity contribution in [1.82, 2.24) is 4.98 Å². The smallest absolute Gasteiger partial charge is 0.248 e. The molecule has 1 aliphatic rings. The molecule has 1 amide bonds. The van der Waals surface area contributed by atoms with E-state index in [1.165, 1.54) is 18.4 Å². The lowest BCUT2D eigenvalue weighted by atomic mass is 9.94. The van der Waals surface area contributed by atoms with Crippen molar-refractivity contribution >= 4 is 28.1 Å². The Balaban J connectivity index is 1.70. The van der Waals surface area contributed by atoms with Crippen LogP contribution in [0.2, 0.25) is 0 Å². The number of furan rings is 1. The lowest BCUT2D eigenvalue weighted by Gasteiger charge is -2.12. The lowest BCUT2D eigenvalue weighted by Crippen LogP contribution is -2.09. The van der Waals surface area contributed by atoms with Gasteiger partial charge in [-0.05, 0) is 56.9 Å². The number of rotatable bonds is 5. The summed E-state index contributed by atoms with van der Waals surface area (Å²) in [5.41, 5.74) is 4.60. The van der Waals surface area contributed by atoms with E-state index in [0.29, 0.717) is 12.3 Å². The highest BCUT2D eigenvalue weighted by atomic mass is 16.5. The maximum absolute atomic E-state index is 12.4. The van der Waals surface area contributed by atoms with Gasteiger partial charge < -0.3 is 14.5 Å². The second-order valence-electron chi connectivity index (χ2n) is 7.05. The average molecular weight is 376 g/mol. The number of nitrogens with one attached hydrogen (secondary N) is 1. The summed E-state index contributed by atoms with van der Waals surface area (Å²) in [6.07, 6.45) is 9.29. The summed E-state index contributed by atoms with van der Waals surface area (Å²) in [5, 5.41) is 3.97. The average Bonchev–Trinajstić information content (AvgIpc) is 3.05. The molecule has 1 aliphatic carbocycles. The van der Waals surface area contributed by atoms with E-state index in [9.17, 15) is 4.79 Å². The highest BCUT2D eigenvalue weighted by Gasteiger charge is 2.20. The number of hydrogen-bond donors (Lipinski definition) is 1. The van der Waals surface area contributed by atoms with E-state index in [1.54, 1.807) is 24.5 Å². The number of allylic oxidation sites excluding steroid dienone is 1. The van der Waals surface area contributed by atoms with Gasteiger partial charge in [-0.15, -0.1) is 0 Å². The third-order valence-corrected chi connectivity index (χ3v) is 5.06. The number of aryl methyl sites for hydroxylation is 2. The lowest BCUT2D eigenvalue weighted by molar-refractivity contribution is -0.111. The number of pyridine rings is 1. The molecule has 1 aromatic carbocycles. The van der Waals surface area contributed by atoms with Crippen molar-refractivity contribution in [2.45, 2.75) is 39.5 Å². The molecule has 3 aromatic rings. The predicted octanol–water partition coefficient (Wildman–Crippen LogP) is 5.15. The molecule has 4 rings (SSSR count). The van der Waals surface area contributed by atoms with Gasteiger partial charge in [0.1, 0.15) is 17.1 Å². The van der Waals surface area contributed by atoms with Gasteiger partial charge in [-0.25, -0.2) is 0 Å². The van der Waals surface area contributed by atoms with Crippen molar-refractivity contribution in [2.75, 3.05) is 11.9 Å². The van der Waals surface area contributed by atoms with Crippen LogP contribution in [0.25, 0.3) is 16.5 Å². The first-order valence-electron chi connectivity index (χ1n) is 9.76. The minimum Gasteiger partial charge on any atom is -0.493 e. The Hall–Kier alpha value is -3.08. The van der Waals surface area contributed by atoms with Gasteiger partial charge in [0, 0.05) is 41.3 Å². The zero-order chi connectivity index (χ0) is 19.5. The normalized spacial score (nSPS) is 14.0. The third kappa shape index (κ3) is 3.65. The van der Waals surface area contributed by atoms with Crippen molar-refractivity contribution in [2.24, 2.45) is 0 Å². The molecule has 0 unspecified atom stereocenters. The van der Waals surface area contributed by atoms with Gasteiger partial charge in [-0.2, -0.15) is 0 Å². The molecule has 0 bridgehead atoms. The minimum atomic E-state index is -0.192. The molecule has 5 heteroatoms. The first-order valence-corrected chi connectivity index (χ1v) is 9.76. The first-order chi connectivity index (χ1) is 13.7. The molecule has 1 N–H and O–H groups in total. The van der Waals surface area contributed by atoms with Gasteiger partial charge in [0.05, 0.1) is 18.5 Å². The Morgan fingerprint density at radius 1 is 1.32 bits per heavy atom. The second kappa shape index (κ2) is 7.89. The molecule has 144 valence electrons. The van der Waals surface area contributed by atoms with Crippen LogP contribution in [0.1, 0.15) is 43.6 Å². The van der Waals surface area contributed by atoms with Crippen LogP contribution in [0.5, 0.6) is 5.75 Å². The molecule has 5 nitrogen and oxygen atoms in total. The van der Waals surface area contributed by atoms with Crippen LogP contribution in [0, 0.1) is 0 Å². The van der Waals surface area contributed by atoms with Gasteiger partial charge in [-0.1, -0.05) is 0 Å². The molecule has 0 spiro atoms. The maximum Gasteiger partial charge on any atom is 0.248 e. The maximum atomic E-state index is 12.4. The van der Waals surface area contributed by atoms with Crippen LogP contribution in [-0.4, -0.2) is 17.5 Å². The van der Waals surface area contributed by atoms with Crippen LogP contribution in [0.15, 0.2) is 47.2 Å². The molecular weight excluding hydrogens is 352 g/mol. The summed E-state index contributed by atoms with van der Waals surface area (Å²) in [7, 11) is 0. The fourth-order valence-electron chi connectivity index (χ4n) is 3.76. The van der Waals surface area contributed by atoms with E-state index in [4.69, 9.17) is 9.15 Å². The van der Waals surface area contributed by atoms with E-state index in [1.807, 2.05) is 26.0 Å². The Bertz CT molecular complexity index is 1030. The number of fused-ring (bicyclic) bond motifs is 3. The van der Waals surface area contributed by atoms with Crippen molar-refractivity contribution in [3.05, 3.63) is 59.6 Å². The third-order valence-electron chi connectivity index (χ3n) is 5.06. The highest BCUT2D eigenvalue weighted by molar-refractivity contribution is 6.04. The topological polar surface area (TPSA) is 64.4 Å². The standard InChI is InChI=1S/C23H24N2O3/c1-3-27-21-13-22-19(17-8-4-5-9-20(17)28-22)12-18(21)15(2)11-23(26)25-16-7-6-10-24-14-16/h6-7,10-14H,3-5,8-9H2,1-2H3,(H,25,26)/b15-11+. The van der Waals surface area contributed by atoms with Crippen molar-refractivity contribution in [3.8, 4) is 5.75 Å². The van der Waals surface area contributed by atoms with Crippen molar-refractivity contribution in [3.63, 3.8) is 0 Å². The highest BCUT2D eigenvalue weighted by Crippen LogP contribution is 2.38. The van der Waals surface area contributed by atoms with E-state index < -0.39 is 0 Å². The number of amides is 1. The molecular formula is C23H24N2O3. The van der Waals surface area contributed by atoms with Crippen molar-refractivity contribution in [1.29, 1.82) is 0 Å². The van der Waals surface area contributed by atoms with Gasteiger partial charge in [0.15, 0.2) is 0 Å². The summed E-state index contributed by atoms with van der Waals surface area (Å²) in [4.78, 5) is 16.5. The van der Waals surface area contributed by atoms with E-state index >= 15 is 0 Å². The number of anilines is 1. The Labute approximate surface area is 164 Å². The fourth-order valence-corrected chi connectivity index (χ4v) is 3.76. The summed E-state index contributed by atoms with van der Waals surface area (Å²) in [5.74, 6) is 1.64. The van der Waals surface area contributed by atoms with Gasteiger partial charge in [0.2, 0.25) is 5.91 Å². The van der Waals surface area contributed by atoms with Crippen LogP contribution in [0.3, 0.4) is 0 Å². The van der Waals surface area contributed by atoms with E-state index in [0.717, 1.165) is 46.5 Å². The molecule has 0 saturated heterocycles. The quantitative estimate of drug-likeness (QED) is 0.626. The van der Waals surface area contributed by atoms with Gasteiger partial charge in [-0.3, -0.25) is 9.78 Å². The monoisotopic (exact) mass is 376 g/mol. The molecule has 0 fully saturated rings. The molecule has 28 heavy (non-hydrogen) atoms. The Morgan fingerprint density at radius 3 is 2.96 bits per heavy atom. The predicted molar refractivity (Wildman–Crippen MR) is 111 cm³/mol. The summed E-state index contributed by atoms with van der Waals surface area (Å²) in [6.45, 7) is 4.43. The SMILES string of the molecule is CCOc1cc2oc3c(c2cc1/C(C)=C/C(=O)Nc1cccnc1)CCCC3. The number of ether oxygens (including phenoxy) is 1. The second-order valence-corrected chi connectivity index (χ2v) is 7.05.